The Hall–Kier alpha value is -0.730. The van der Waals surface area contributed by atoms with Gasteiger partial charge in [0.15, 0.2) is 0 Å². The fourth-order valence-corrected chi connectivity index (χ4v) is 1.50. The largest absolute Gasteiger partial charge is 0.258 e. The van der Waals surface area contributed by atoms with E-state index in [2.05, 4.69) is 31.2 Å². The molecule has 1 aromatic carbocycles. The summed E-state index contributed by atoms with van der Waals surface area (Å²) >= 11 is 5.86. The van der Waals surface area contributed by atoms with Crippen LogP contribution >= 0.6 is 11.6 Å². The second-order valence-electron chi connectivity index (χ2n) is 3.58. The number of halogens is 1. The van der Waals surface area contributed by atoms with Crippen LogP contribution in [-0.4, -0.2) is 0 Å². The summed E-state index contributed by atoms with van der Waals surface area (Å²) < 4.78 is 0. The van der Waals surface area contributed by atoms with E-state index in [0.717, 1.165) is 17.1 Å². The van der Waals surface area contributed by atoms with E-state index >= 15 is 0 Å². The lowest BCUT2D eigenvalue weighted by molar-refractivity contribution is -0.325. The molecule has 0 aliphatic heterocycles. The van der Waals surface area contributed by atoms with Gasteiger partial charge in [0.1, 0.15) is 0 Å². The van der Waals surface area contributed by atoms with Crippen molar-refractivity contribution in [1.82, 2.24) is 0 Å². The van der Waals surface area contributed by atoms with Gasteiger partial charge in [0, 0.05) is 5.02 Å². The SMILES string of the molecule is CC(C)Cc1ccc(Cl)cc1N[NH3+]. The molecule has 0 radical (unpaired) electrons. The lowest BCUT2D eigenvalue weighted by Gasteiger charge is -2.09. The van der Waals surface area contributed by atoms with Gasteiger partial charge in [-0.1, -0.05) is 31.5 Å². The van der Waals surface area contributed by atoms with Gasteiger partial charge in [-0.05, 0) is 30.0 Å². The van der Waals surface area contributed by atoms with Crippen molar-refractivity contribution >= 4 is 17.3 Å². The zero-order valence-electron chi connectivity index (χ0n) is 8.10. The van der Waals surface area contributed by atoms with Crippen LogP contribution in [0.5, 0.6) is 0 Å². The topological polar surface area (TPSA) is 39.7 Å². The standard InChI is InChI=1S/C10H15ClN2/c1-7(2)5-8-3-4-9(11)6-10(8)13-12/h3-4,6-7,13H,5,12H2,1-2H3/p+1. The summed E-state index contributed by atoms with van der Waals surface area (Å²) in [6.45, 7) is 4.39. The quantitative estimate of drug-likeness (QED) is 0.720. The van der Waals surface area contributed by atoms with Crippen molar-refractivity contribution in [3.05, 3.63) is 28.8 Å². The van der Waals surface area contributed by atoms with E-state index in [4.69, 9.17) is 11.6 Å². The van der Waals surface area contributed by atoms with E-state index < -0.39 is 0 Å². The molecule has 0 spiro atoms. The van der Waals surface area contributed by atoms with Crippen LogP contribution in [0.1, 0.15) is 19.4 Å². The van der Waals surface area contributed by atoms with Crippen molar-refractivity contribution in [2.24, 2.45) is 5.92 Å². The Morgan fingerprint density at radius 2 is 2.15 bits per heavy atom. The fraction of sp³-hybridized carbons (Fsp3) is 0.400. The van der Waals surface area contributed by atoms with Gasteiger partial charge in [0.25, 0.3) is 0 Å². The van der Waals surface area contributed by atoms with Crippen LogP contribution in [0.15, 0.2) is 18.2 Å². The Labute approximate surface area is 84.1 Å². The van der Waals surface area contributed by atoms with Gasteiger partial charge < -0.3 is 0 Å². The second-order valence-corrected chi connectivity index (χ2v) is 4.01. The first-order chi connectivity index (χ1) is 6.13. The zero-order chi connectivity index (χ0) is 9.84. The predicted molar refractivity (Wildman–Crippen MR) is 56.5 cm³/mol. The van der Waals surface area contributed by atoms with E-state index in [-0.39, 0.29) is 0 Å². The van der Waals surface area contributed by atoms with Crippen molar-refractivity contribution in [2.45, 2.75) is 20.3 Å². The number of hydrogen-bond acceptors (Lipinski definition) is 1. The predicted octanol–water partition coefficient (Wildman–Crippen LogP) is 2.11. The molecule has 1 aromatic rings. The molecule has 0 atom stereocenters. The highest BCUT2D eigenvalue weighted by molar-refractivity contribution is 6.30. The molecule has 0 amide bonds. The molecule has 4 N–H and O–H groups in total. The van der Waals surface area contributed by atoms with Crippen molar-refractivity contribution < 1.29 is 5.84 Å². The summed E-state index contributed by atoms with van der Waals surface area (Å²) in [6.07, 6.45) is 1.05. The van der Waals surface area contributed by atoms with Crippen LogP contribution in [0.2, 0.25) is 5.02 Å². The van der Waals surface area contributed by atoms with Crippen LogP contribution < -0.4 is 11.3 Å². The van der Waals surface area contributed by atoms with Crippen molar-refractivity contribution in [3.8, 4) is 0 Å². The van der Waals surface area contributed by atoms with E-state index in [0.29, 0.717) is 5.92 Å². The van der Waals surface area contributed by atoms with Crippen molar-refractivity contribution in [1.29, 1.82) is 0 Å². The molecule has 3 heteroatoms. The molecule has 0 bridgehead atoms. The molecule has 0 saturated heterocycles. The van der Waals surface area contributed by atoms with E-state index in [9.17, 15) is 0 Å². The Morgan fingerprint density at radius 3 is 2.69 bits per heavy atom. The Bertz CT molecular complexity index is 284. The van der Waals surface area contributed by atoms with E-state index in [1.165, 1.54) is 5.56 Å². The number of hydrogen-bond donors (Lipinski definition) is 2. The molecule has 0 unspecified atom stereocenters. The zero-order valence-corrected chi connectivity index (χ0v) is 8.86. The van der Waals surface area contributed by atoms with E-state index in [1.54, 1.807) is 0 Å². The van der Waals surface area contributed by atoms with Crippen LogP contribution in [0.25, 0.3) is 0 Å². The Balaban J connectivity index is 2.92. The summed E-state index contributed by atoms with van der Waals surface area (Å²) in [5.41, 5.74) is 5.21. The molecule has 13 heavy (non-hydrogen) atoms. The minimum atomic E-state index is 0.647. The maximum atomic E-state index is 5.86. The Morgan fingerprint density at radius 1 is 1.46 bits per heavy atom. The highest BCUT2D eigenvalue weighted by Gasteiger charge is 2.05. The summed E-state index contributed by atoms with van der Waals surface area (Å²) in [7, 11) is 0. The van der Waals surface area contributed by atoms with Gasteiger partial charge in [-0.3, -0.25) is 5.84 Å². The van der Waals surface area contributed by atoms with Crippen molar-refractivity contribution in [2.75, 3.05) is 5.43 Å². The summed E-state index contributed by atoms with van der Waals surface area (Å²) in [5.74, 6) is 4.30. The third kappa shape index (κ3) is 2.90. The van der Waals surface area contributed by atoms with Crippen LogP contribution in [-0.2, 0) is 6.42 Å². The van der Waals surface area contributed by atoms with E-state index in [1.807, 2.05) is 12.1 Å². The lowest BCUT2D eigenvalue weighted by Crippen LogP contribution is -2.56. The average Bonchev–Trinajstić information content (AvgIpc) is 2.07. The number of rotatable bonds is 3. The normalized spacial score (nSPS) is 10.5. The lowest BCUT2D eigenvalue weighted by atomic mass is 10.0. The van der Waals surface area contributed by atoms with Gasteiger partial charge >= 0.3 is 0 Å². The molecule has 0 aliphatic rings. The molecule has 0 heterocycles. The molecule has 2 nitrogen and oxygen atoms in total. The first-order valence-corrected chi connectivity index (χ1v) is 4.83. The maximum Gasteiger partial charge on any atom is 0.0894 e. The molecule has 1 rings (SSSR count). The average molecular weight is 200 g/mol. The second kappa shape index (κ2) is 4.49. The van der Waals surface area contributed by atoms with Gasteiger partial charge in [0.2, 0.25) is 0 Å². The first kappa shape index (κ1) is 10.4. The molecule has 0 saturated carbocycles. The monoisotopic (exact) mass is 199 g/mol. The number of anilines is 1. The minimum absolute atomic E-state index is 0.647. The summed E-state index contributed by atoms with van der Waals surface area (Å²) in [5, 5.41) is 0.749. The van der Waals surface area contributed by atoms with Gasteiger partial charge in [-0.15, -0.1) is 0 Å². The molecule has 72 valence electrons. The Kier molecular flexibility index (Phi) is 3.58. The molecular formula is C10H16ClN2+. The van der Waals surface area contributed by atoms with Gasteiger partial charge in [0.05, 0.1) is 5.69 Å². The highest BCUT2D eigenvalue weighted by Crippen LogP contribution is 2.22. The molecule has 0 fully saturated rings. The smallest absolute Gasteiger partial charge is 0.0894 e. The number of quaternary nitrogens is 1. The maximum absolute atomic E-state index is 5.86. The minimum Gasteiger partial charge on any atom is -0.258 e. The highest BCUT2D eigenvalue weighted by atomic mass is 35.5. The fourth-order valence-electron chi connectivity index (χ4n) is 1.33. The third-order valence-corrected chi connectivity index (χ3v) is 2.13. The summed E-state index contributed by atoms with van der Waals surface area (Å²) in [6, 6.07) is 5.88. The van der Waals surface area contributed by atoms with Gasteiger partial charge in [-0.25, -0.2) is 5.43 Å². The third-order valence-electron chi connectivity index (χ3n) is 1.89. The molecule has 0 aromatic heterocycles. The number of benzene rings is 1. The summed E-state index contributed by atoms with van der Waals surface area (Å²) in [4.78, 5) is 0. The van der Waals surface area contributed by atoms with Crippen LogP contribution in [0, 0.1) is 5.92 Å². The first-order valence-electron chi connectivity index (χ1n) is 4.45. The van der Waals surface area contributed by atoms with Crippen molar-refractivity contribution in [3.63, 3.8) is 0 Å². The van der Waals surface area contributed by atoms with Crippen LogP contribution in [0.4, 0.5) is 5.69 Å². The molecular weight excluding hydrogens is 184 g/mol. The van der Waals surface area contributed by atoms with Crippen LogP contribution in [0.3, 0.4) is 0 Å². The molecule has 0 aliphatic carbocycles. The number of nitrogens with one attached hydrogen (secondary N) is 1. The van der Waals surface area contributed by atoms with Gasteiger partial charge in [-0.2, -0.15) is 0 Å².